The van der Waals surface area contributed by atoms with Crippen molar-refractivity contribution in [3.63, 3.8) is 0 Å². The summed E-state index contributed by atoms with van der Waals surface area (Å²) in [6.45, 7) is 8.52. The van der Waals surface area contributed by atoms with Gasteiger partial charge in [0.05, 0.1) is 18.4 Å². The van der Waals surface area contributed by atoms with Crippen LogP contribution in [0.15, 0.2) is 47.1 Å². The van der Waals surface area contributed by atoms with Gasteiger partial charge in [-0.1, -0.05) is 26.0 Å². The first-order chi connectivity index (χ1) is 14.8. The zero-order valence-electron chi connectivity index (χ0n) is 18.3. The molecule has 1 aromatic carbocycles. The predicted molar refractivity (Wildman–Crippen MR) is 116 cm³/mol. The quantitative estimate of drug-likeness (QED) is 0.580. The SMILES string of the molecule is Cc1c(C#N)c(NC(=O)C[NH2+][C@@H](c2ccc(F)cc2)C(C)C)n(Cc2ccco2)c1C. The molecule has 3 aromatic rings. The molecule has 162 valence electrons. The van der Waals surface area contributed by atoms with Crippen LogP contribution in [-0.2, 0) is 11.3 Å². The van der Waals surface area contributed by atoms with E-state index in [1.165, 1.54) is 12.1 Å². The minimum absolute atomic E-state index is 0.0140. The number of anilines is 1. The first-order valence-electron chi connectivity index (χ1n) is 10.3. The third-order valence-electron chi connectivity index (χ3n) is 5.62. The lowest BCUT2D eigenvalue weighted by Crippen LogP contribution is -2.88. The van der Waals surface area contributed by atoms with Gasteiger partial charge >= 0.3 is 0 Å². The average molecular weight is 424 g/mol. The zero-order valence-corrected chi connectivity index (χ0v) is 18.3. The fraction of sp³-hybridized carbons (Fsp3) is 0.333. The molecule has 0 fully saturated rings. The minimum atomic E-state index is -0.281. The van der Waals surface area contributed by atoms with Crippen molar-refractivity contribution in [1.82, 2.24) is 4.57 Å². The second kappa shape index (κ2) is 9.63. The van der Waals surface area contributed by atoms with Crippen LogP contribution in [0.2, 0.25) is 0 Å². The molecule has 3 N–H and O–H groups in total. The molecule has 1 atom stereocenters. The Morgan fingerprint density at radius 3 is 2.55 bits per heavy atom. The Kier molecular flexibility index (Phi) is 6.93. The molecule has 2 heterocycles. The van der Waals surface area contributed by atoms with Gasteiger partial charge in [0.1, 0.15) is 29.5 Å². The molecular weight excluding hydrogens is 395 g/mol. The van der Waals surface area contributed by atoms with Crippen LogP contribution in [0, 0.1) is 36.9 Å². The number of amides is 1. The molecule has 6 nitrogen and oxygen atoms in total. The van der Waals surface area contributed by atoms with Gasteiger partial charge in [-0.15, -0.1) is 0 Å². The predicted octanol–water partition coefficient (Wildman–Crippen LogP) is 3.66. The average Bonchev–Trinajstić information content (AvgIpc) is 3.32. The van der Waals surface area contributed by atoms with E-state index < -0.39 is 0 Å². The maximum absolute atomic E-state index is 13.3. The molecule has 0 spiro atoms. The molecule has 0 aliphatic rings. The number of hydrogen-bond acceptors (Lipinski definition) is 3. The number of nitrogens with zero attached hydrogens (tertiary/aromatic N) is 2. The number of benzene rings is 1. The van der Waals surface area contributed by atoms with Gasteiger partial charge in [-0.2, -0.15) is 5.26 Å². The summed E-state index contributed by atoms with van der Waals surface area (Å²) in [5.41, 5.74) is 3.16. The summed E-state index contributed by atoms with van der Waals surface area (Å²) in [6.07, 6.45) is 1.60. The Labute approximate surface area is 181 Å². The molecule has 0 radical (unpaired) electrons. The zero-order chi connectivity index (χ0) is 22.5. The number of aromatic nitrogens is 1. The molecule has 0 unspecified atom stereocenters. The van der Waals surface area contributed by atoms with E-state index in [1.807, 2.05) is 29.8 Å². The Hall–Kier alpha value is -3.37. The molecule has 0 aliphatic carbocycles. The summed E-state index contributed by atoms with van der Waals surface area (Å²) in [5, 5.41) is 14.5. The fourth-order valence-electron chi connectivity index (χ4n) is 3.78. The molecule has 0 saturated carbocycles. The molecule has 0 bridgehead atoms. The number of quaternary nitrogens is 1. The fourth-order valence-corrected chi connectivity index (χ4v) is 3.78. The number of nitrogens with two attached hydrogens (primary N) is 1. The number of hydrogen-bond donors (Lipinski definition) is 2. The van der Waals surface area contributed by atoms with Gasteiger partial charge in [0, 0.05) is 17.2 Å². The van der Waals surface area contributed by atoms with Crippen LogP contribution in [-0.4, -0.2) is 17.0 Å². The van der Waals surface area contributed by atoms with Gasteiger partial charge in [-0.05, 0) is 43.7 Å². The molecule has 0 aliphatic heterocycles. The largest absolute Gasteiger partial charge is 0.467 e. The van der Waals surface area contributed by atoms with E-state index in [4.69, 9.17) is 4.42 Å². The van der Waals surface area contributed by atoms with Crippen molar-refractivity contribution in [3.05, 3.63) is 76.6 Å². The highest BCUT2D eigenvalue weighted by Gasteiger charge is 2.23. The van der Waals surface area contributed by atoms with E-state index in [0.29, 0.717) is 17.9 Å². The van der Waals surface area contributed by atoms with E-state index in [2.05, 4.69) is 25.2 Å². The smallest absolute Gasteiger partial charge is 0.280 e. The number of rotatable bonds is 8. The van der Waals surface area contributed by atoms with Gasteiger partial charge in [0.15, 0.2) is 6.54 Å². The number of nitriles is 1. The summed E-state index contributed by atoms with van der Waals surface area (Å²) in [7, 11) is 0. The van der Waals surface area contributed by atoms with Crippen molar-refractivity contribution in [1.29, 1.82) is 5.26 Å². The lowest BCUT2D eigenvalue weighted by Gasteiger charge is -2.19. The third kappa shape index (κ3) is 5.04. The van der Waals surface area contributed by atoms with Crippen molar-refractivity contribution in [2.75, 3.05) is 11.9 Å². The highest BCUT2D eigenvalue weighted by molar-refractivity contribution is 5.92. The van der Waals surface area contributed by atoms with Crippen molar-refractivity contribution in [3.8, 4) is 6.07 Å². The van der Waals surface area contributed by atoms with E-state index in [9.17, 15) is 14.4 Å². The van der Waals surface area contributed by atoms with Crippen LogP contribution in [0.1, 0.15) is 48.0 Å². The molecular formula is C24H28FN4O2+. The standard InChI is InChI=1S/C24H27FN4O2/c1-15(2)23(18-7-9-19(25)10-8-18)27-13-22(30)28-24-21(12-26)16(3)17(4)29(24)14-20-6-5-11-31-20/h5-11,15,23,27H,13-14H2,1-4H3,(H,28,30)/p+1/t23-/m1/s1. The van der Waals surface area contributed by atoms with Gasteiger partial charge < -0.3 is 19.6 Å². The first kappa shape index (κ1) is 22.3. The topological polar surface area (TPSA) is 87.6 Å². The molecule has 2 aromatic heterocycles. The highest BCUT2D eigenvalue weighted by Crippen LogP contribution is 2.27. The third-order valence-corrected chi connectivity index (χ3v) is 5.62. The van der Waals surface area contributed by atoms with Crippen LogP contribution < -0.4 is 10.6 Å². The summed E-state index contributed by atoms with van der Waals surface area (Å²) < 4.78 is 20.6. The second-order valence-electron chi connectivity index (χ2n) is 8.02. The van der Waals surface area contributed by atoms with Crippen LogP contribution >= 0.6 is 0 Å². The summed E-state index contributed by atoms with van der Waals surface area (Å²) in [4.78, 5) is 12.8. The number of nitrogens with one attached hydrogen (secondary N) is 1. The van der Waals surface area contributed by atoms with E-state index >= 15 is 0 Å². The number of furan rings is 1. The van der Waals surface area contributed by atoms with Gasteiger partial charge in [0.2, 0.25) is 0 Å². The molecule has 31 heavy (non-hydrogen) atoms. The van der Waals surface area contributed by atoms with Crippen molar-refractivity contribution in [2.24, 2.45) is 5.92 Å². The lowest BCUT2D eigenvalue weighted by molar-refractivity contribution is -0.692. The monoisotopic (exact) mass is 423 g/mol. The van der Waals surface area contributed by atoms with Crippen molar-refractivity contribution >= 4 is 11.7 Å². The normalized spacial score (nSPS) is 12.0. The van der Waals surface area contributed by atoms with E-state index in [0.717, 1.165) is 22.6 Å². The molecule has 1 amide bonds. The van der Waals surface area contributed by atoms with E-state index in [-0.39, 0.29) is 30.2 Å². The molecule has 7 heteroatoms. The first-order valence-corrected chi connectivity index (χ1v) is 10.3. The number of carbonyl (C=O) groups is 1. The molecule has 3 rings (SSSR count). The van der Waals surface area contributed by atoms with Crippen molar-refractivity contribution < 1.29 is 18.9 Å². The Morgan fingerprint density at radius 1 is 1.26 bits per heavy atom. The number of carbonyl (C=O) groups excluding carboxylic acids is 1. The van der Waals surface area contributed by atoms with E-state index in [1.54, 1.807) is 24.5 Å². The van der Waals surface area contributed by atoms with Gasteiger partial charge in [0.25, 0.3) is 5.91 Å². The maximum Gasteiger partial charge on any atom is 0.280 e. The van der Waals surface area contributed by atoms with Gasteiger partial charge in [-0.3, -0.25) is 4.79 Å². The Balaban J connectivity index is 1.77. The second-order valence-corrected chi connectivity index (χ2v) is 8.02. The minimum Gasteiger partial charge on any atom is -0.467 e. The van der Waals surface area contributed by atoms with Crippen LogP contribution in [0.25, 0.3) is 0 Å². The summed E-state index contributed by atoms with van der Waals surface area (Å²) >= 11 is 0. The van der Waals surface area contributed by atoms with Crippen LogP contribution in [0.4, 0.5) is 10.2 Å². The lowest BCUT2D eigenvalue weighted by atomic mass is 9.96. The van der Waals surface area contributed by atoms with Crippen LogP contribution in [0.5, 0.6) is 0 Å². The molecule has 0 saturated heterocycles. The van der Waals surface area contributed by atoms with Gasteiger partial charge in [-0.25, -0.2) is 4.39 Å². The van der Waals surface area contributed by atoms with Crippen molar-refractivity contribution in [2.45, 2.75) is 40.3 Å². The summed E-state index contributed by atoms with van der Waals surface area (Å²) in [6, 6.07) is 12.3. The highest BCUT2D eigenvalue weighted by atomic mass is 19.1. The number of halogens is 1. The Bertz CT molecular complexity index is 1080. The van der Waals surface area contributed by atoms with Crippen LogP contribution in [0.3, 0.4) is 0 Å². The maximum atomic E-state index is 13.3. The summed E-state index contributed by atoms with van der Waals surface area (Å²) in [5.74, 6) is 0.981. The Morgan fingerprint density at radius 2 is 1.97 bits per heavy atom.